The van der Waals surface area contributed by atoms with Crippen LogP contribution in [0.2, 0.25) is 0 Å². The molecular weight excluding hydrogens is 406 g/mol. The van der Waals surface area contributed by atoms with E-state index in [1.807, 2.05) is 0 Å². The minimum absolute atomic E-state index is 0.0166. The first kappa shape index (κ1) is 19.5. The molecule has 1 N–H and O–H groups in total. The maximum Gasteiger partial charge on any atom is 0.333 e. The van der Waals surface area contributed by atoms with Crippen molar-refractivity contribution < 1.29 is 8.42 Å². The summed E-state index contributed by atoms with van der Waals surface area (Å²) in [5.74, 6) is 0. The zero-order valence-corrected chi connectivity index (χ0v) is 16.8. The lowest BCUT2D eigenvalue weighted by Crippen LogP contribution is -2.33. The van der Waals surface area contributed by atoms with Gasteiger partial charge in [-0.3, -0.25) is 4.79 Å². The van der Waals surface area contributed by atoms with Crippen LogP contribution < -0.4 is 11.2 Å². The van der Waals surface area contributed by atoms with Gasteiger partial charge < -0.3 is 4.98 Å². The SMILES string of the molecule is CSC(=NS(=O)(=O)c1ccc(-n2c(=O)[nH]c3ccccc3c2=O)cc1)SC. The molecule has 0 atom stereocenters. The van der Waals surface area contributed by atoms with E-state index in [0.29, 0.717) is 15.3 Å². The van der Waals surface area contributed by atoms with Crippen molar-refractivity contribution in [1.29, 1.82) is 0 Å². The number of H-pyrrole nitrogens is 1. The van der Waals surface area contributed by atoms with Crippen molar-refractivity contribution in [3.63, 3.8) is 0 Å². The van der Waals surface area contributed by atoms with E-state index in [1.165, 1.54) is 47.8 Å². The van der Waals surface area contributed by atoms with Gasteiger partial charge in [0.2, 0.25) is 0 Å². The van der Waals surface area contributed by atoms with E-state index in [0.717, 1.165) is 4.57 Å². The Morgan fingerprint density at radius 1 is 1.00 bits per heavy atom. The Hall–Kier alpha value is -2.30. The lowest BCUT2D eigenvalue weighted by atomic mass is 10.2. The van der Waals surface area contributed by atoms with Crippen molar-refractivity contribution in [2.45, 2.75) is 4.90 Å². The predicted octanol–water partition coefficient (Wildman–Crippen LogP) is 2.45. The number of aromatic amines is 1. The third-order valence-corrected chi connectivity index (χ3v) is 7.14. The lowest BCUT2D eigenvalue weighted by molar-refractivity contribution is 0.598. The predicted molar refractivity (Wildman–Crippen MR) is 112 cm³/mol. The Labute approximate surface area is 163 Å². The number of benzene rings is 2. The average Bonchev–Trinajstić information content (AvgIpc) is 2.66. The average molecular weight is 422 g/mol. The molecule has 27 heavy (non-hydrogen) atoms. The van der Waals surface area contributed by atoms with Gasteiger partial charge in [-0.1, -0.05) is 12.1 Å². The summed E-state index contributed by atoms with van der Waals surface area (Å²) < 4.78 is 29.9. The molecule has 0 amide bonds. The van der Waals surface area contributed by atoms with Gasteiger partial charge in [-0.25, -0.2) is 9.36 Å². The van der Waals surface area contributed by atoms with Crippen LogP contribution in [0.15, 0.2) is 67.4 Å². The van der Waals surface area contributed by atoms with Crippen LogP contribution >= 0.6 is 23.5 Å². The number of hydrogen-bond donors (Lipinski definition) is 1. The van der Waals surface area contributed by atoms with Gasteiger partial charge in [-0.15, -0.1) is 27.9 Å². The zero-order chi connectivity index (χ0) is 19.6. The molecule has 2 aromatic carbocycles. The van der Waals surface area contributed by atoms with Crippen LogP contribution in [0.1, 0.15) is 0 Å². The van der Waals surface area contributed by atoms with Crippen molar-refractivity contribution >= 4 is 48.8 Å². The van der Waals surface area contributed by atoms with Crippen LogP contribution in [0, 0.1) is 0 Å². The first-order chi connectivity index (χ1) is 12.9. The van der Waals surface area contributed by atoms with Gasteiger partial charge in [0.1, 0.15) is 4.38 Å². The van der Waals surface area contributed by atoms with E-state index in [9.17, 15) is 18.0 Å². The molecular formula is C17H15N3O4S3. The Morgan fingerprint density at radius 3 is 2.26 bits per heavy atom. The molecule has 140 valence electrons. The van der Waals surface area contributed by atoms with E-state index in [4.69, 9.17) is 0 Å². The van der Waals surface area contributed by atoms with Crippen LogP contribution in [-0.2, 0) is 10.0 Å². The van der Waals surface area contributed by atoms with Crippen molar-refractivity contribution in [3.8, 4) is 5.69 Å². The van der Waals surface area contributed by atoms with E-state index in [2.05, 4.69) is 9.38 Å². The van der Waals surface area contributed by atoms with Crippen molar-refractivity contribution in [1.82, 2.24) is 9.55 Å². The Balaban J connectivity index is 2.10. The summed E-state index contributed by atoms with van der Waals surface area (Å²) in [6, 6.07) is 12.2. The van der Waals surface area contributed by atoms with E-state index >= 15 is 0 Å². The second kappa shape index (κ2) is 7.75. The van der Waals surface area contributed by atoms with Crippen molar-refractivity contribution in [2.75, 3.05) is 12.5 Å². The Kier molecular flexibility index (Phi) is 5.59. The third kappa shape index (κ3) is 3.87. The molecule has 1 aromatic heterocycles. The molecule has 0 spiro atoms. The molecule has 0 bridgehead atoms. The fourth-order valence-corrected chi connectivity index (χ4v) is 5.11. The molecule has 0 saturated carbocycles. The lowest BCUT2D eigenvalue weighted by Gasteiger charge is -2.07. The van der Waals surface area contributed by atoms with Gasteiger partial charge in [0.05, 0.1) is 21.5 Å². The van der Waals surface area contributed by atoms with Crippen LogP contribution in [0.4, 0.5) is 0 Å². The van der Waals surface area contributed by atoms with E-state index < -0.39 is 21.3 Å². The fraction of sp³-hybridized carbons (Fsp3) is 0.118. The van der Waals surface area contributed by atoms with Gasteiger partial charge >= 0.3 is 5.69 Å². The highest BCUT2D eigenvalue weighted by atomic mass is 32.2. The molecule has 0 aliphatic rings. The van der Waals surface area contributed by atoms with Crippen LogP contribution in [0.3, 0.4) is 0 Å². The largest absolute Gasteiger partial charge is 0.333 e. The molecule has 0 radical (unpaired) electrons. The molecule has 10 heteroatoms. The summed E-state index contributed by atoms with van der Waals surface area (Å²) in [6.07, 6.45) is 3.48. The second-order valence-corrected chi connectivity index (χ2v) is 8.80. The van der Waals surface area contributed by atoms with E-state index in [-0.39, 0.29) is 10.6 Å². The number of nitrogens with zero attached hydrogens (tertiary/aromatic N) is 2. The molecule has 3 aromatic rings. The van der Waals surface area contributed by atoms with Gasteiger partial charge in [0.15, 0.2) is 0 Å². The maximum atomic E-state index is 12.7. The smallest absolute Gasteiger partial charge is 0.306 e. The fourth-order valence-electron chi connectivity index (χ4n) is 2.47. The molecule has 7 nitrogen and oxygen atoms in total. The highest BCUT2D eigenvalue weighted by Crippen LogP contribution is 2.19. The summed E-state index contributed by atoms with van der Waals surface area (Å²) in [5.41, 5.74) is -0.363. The number of nitrogens with one attached hydrogen (secondary N) is 1. The number of para-hydroxylation sites is 1. The standard InChI is InChI=1S/C17H15N3O4S3/c1-25-17(26-2)19-27(23,24)12-9-7-11(8-10-12)20-15(21)13-5-3-4-6-14(13)18-16(20)22/h3-10H,1-2H3,(H,18,22). The van der Waals surface area contributed by atoms with Crippen molar-refractivity contribution in [3.05, 3.63) is 69.4 Å². The highest BCUT2D eigenvalue weighted by Gasteiger charge is 2.15. The Morgan fingerprint density at radius 2 is 1.63 bits per heavy atom. The number of hydrogen-bond acceptors (Lipinski definition) is 6. The first-order valence-electron chi connectivity index (χ1n) is 7.65. The van der Waals surface area contributed by atoms with Crippen LogP contribution in [0.5, 0.6) is 0 Å². The topological polar surface area (TPSA) is 101 Å². The monoisotopic (exact) mass is 421 g/mol. The highest BCUT2D eigenvalue weighted by molar-refractivity contribution is 8.38. The summed E-state index contributed by atoms with van der Waals surface area (Å²) in [4.78, 5) is 27.6. The maximum absolute atomic E-state index is 12.7. The molecule has 0 aliphatic heterocycles. The first-order valence-corrected chi connectivity index (χ1v) is 11.5. The van der Waals surface area contributed by atoms with Crippen molar-refractivity contribution in [2.24, 2.45) is 4.40 Å². The molecule has 0 unspecified atom stereocenters. The Bertz CT molecular complexity index is 1240. The quantitative estimate of drug-likeness (QED) is 0.515. The minimum atomic E-state index is -3.86. The van der Waals surface area contributed by atoms with Crippen LogP contribution in [-0.4, -0.2) is 34.9 Å². The number of aromatic nitrogens is 2. The number of rotatable bonds is 3. The summed E-state index contributed by atoms with van der Waals surface area (Å²) >= 11 is 2.48. The molecule has 1 heterocycles. The summed E-state index contributed by atoms with van der Waals surface area (Å²) in [6.45, 7) is 0. The summed E-state index contributed by atoms with van der Waals surface area (Å²) in [5, 5.41) is 0.364. The molecule has 0 saturated heterocycles. The molecule has 0 aliphatic carbocycles. The minimum Gasteiger partial charge on any atom is -0.306 e. The van der Waals surface area contributed by atoms with Gasteiger partial charge in [0, 0.05) is 0 Å². The zero-order valence-electron chi connectivity index (χ0n) is 14.4. The second-order valence-electron chi connectivity index (χ2n) is 5.35. The normalized spacial score (nSPS) is 11.5. The number of sulfonamides is 1. The van der Waals surface area contributed by atoms with E-state index in [1.54, 1.807) is 36.8 Å². The molecule has 3 rings (SSSR count). The van der Waals surface area contributed by atoms with Gasteiger partial charge in [-0.2, -0.15) is 8.42 Å². The van der Waals surface area contributed by atoms with Gasteiger partial charge in [-0.05, 0) is 48.9 Å². The third-order valence-electron chi connectivity index (χ3n) is 3.74. The number of fused-ring (bicyclic) bond motifs is 1. The number of thioether (sulfide) groups is 2. The summed E-state index contributed by atoms with van der Waals surface area (Å²) in [7, 11) is -3.86. The van der Waals surface area contributed by atoms with Crippen LogP contribution in [0.25, 0.3) is 16.6 Å². The van der Waals surface area contributed by atoms with Gasteiger partial charge in [0.25, 0.3) is 15.6 Å². The molecule has 0 fully saturated rings.